The second-order valence-electron chi connectivity index (χ2n) is 9.00. The number of benzene rings is 4. The summed E-state index contributed by atoms with van der Waals surface area (Å²) in [6.45, 7) is 4.45. The molecule has 0 aliphatic carbocycles. The van der Waals surface area contributed by atoms with Crippen LogP contribution >= 0.6 is 0 Å². The smallest absolute Gasteiger partial charge is 0.127 e. The fraction of sp³-hybridized carbons (Fsp3) is 0.250. The van der Waals surface area contributed by atoms with Crippen LogP contribution in [0.2, 0.25) is 0 Å². The summed E-state index contributed by atoms with van der Waals surface area (Å²) < 4.78 is 6.04. The highest BCUT2D eigenvalue weighted by Gasteiger charge is 2.02. The third-order valence-electron chi connectivity index (χ3n) is 6.07. The number of ether oxygens (including phenoxy) is 1. The maximum atomic E-state index is 6.04. The van der Waals surface area contributed by atoms with E-state index in [1.807, 2.05) is 48.5 Å². The molecular weight excluding hydrogens is 428 g/mol. The van der Waals surface area contributed by atoms with Crippen molar-refractivity contribution in [2.45, 2.75) is 52.4 Å². The Bertz CT molecular complexity index is 1050. The molecule has 4 rings (SSSR count). The first kappa shape index (κ1) is 24.4. The van der Waals surface area contributed by atoms with Crippen LogP contribution in [0.25, 0.3) is 0 Å². The van der Waals surface area contributed by atoms with Gasteiger partial charge < -0.3 is 15.4 Å². The van der Waals surface area contributed by atoms with Crippen molar-refractivity contribution in [2.75, 3.05) is 10.6 Å². The van der Waals surface area contributed by atoms with Crippen LogP contribution in [0.5, 0.6) is 11.5 Å². The van der Waals surface area contributed by atoms with Gasteiger partial charge in [0.2, 0.25) is 0 Å². The average molecular weight is 465 g/mol. The lowest BCUT2D eigenvalue weighted by molar-refractivity contribution is 0.483. The van der Waals surface area contributed by atoms with E-state index in [0.717, 1.165) is 47.1 Å². The minimum atomic E-state index is 0.814. The lowest BCUT2D eigenvalue weighted by atomic mass is 10.1. The first-order chi connectivity index (χ1) is 17.2. The van der Waals surface area contributed by atoms with E-state index in [9.17, 15) is 0 Å². The summed E-state index contributed by atoms with van der Waals surface area (Å²) in [7, 11) is 0. The molecule has 3 heteroatoms. The van der Waals surface area contributed by atoms with E-state index in [4.69, 9.17) is 4.74 Å². The molecule has 0 amide bonds. The third kappa shape index (κ3) is 7.65. The molecule has 0 aliphatic rings. The van der Waals surface area contributed by atoms with E-state index in [1.54, 1.807) is 0 Å². The third-order valence-corrected chi connectivity index (χ3v) is 6.07. The second kappa shape index (κ2) is 12.7. The molecule has 0 saturated heterocycles. The number of aryl methyl sites for hydroxylation is 2. The average Bonchev–Trinajstić information content (AvgIpc) is 2.90. The molecule has 2 N–H and O–H groups in total. The van der Waals surface area contributed by atoms with Gasteiger partial charge in [0.15, 0.2) is 0 Å². The fourth-order valence-corrected chi connectivity index (χ4v) is 3.95. The zero-order valence-electron chi connectivity index (χ0n) is 20.9. The molecule has 0 radical (unpaired) electrons. The molecule has 0 fully saturated rings. The van der Waals surface area contributed by atoms with Crippen LogP contribution in [0.1, 0.15) is 50.7 Å². The molecule has 0 bridgehead atoms. The summed E-state index contributed by atoms with van der Waals surface area (Å²) in [5.74, 6) is 1.63. The van der Waals surface area contributed by atoms with Gasteiger partial charge in [-0.1, -0.05) is 51.0 Å². The van der Waals surface area contributed by atoms with Crippen LogP contribution in [0.4, 0.5) is 22.7 Å². The molecule has 0 unspecified atom stereocenters. The topological polar surface area (TPSA) is 33.3 Å². The molecule has 35 heavy (non-hydrogen) atoms. The predicted molar refractivity (Wildman–Crippen MR) is 150 cm³/mol. The van der Waals surface area contributed by atoms with Crippen LogP contribution in [-0.4, -0.2) is 0 Å². The molecule has 0 atom stereocenters. The van der Waals surface area contributed by atoms with Crippen LogP contribution < -0.4 is 15.4 Å². The lowest BCUT2D eigenvalue weighted by Gasteiger charge is -2.11. The summed E-state index contributed by atoms with van der Waals surface area (Å²) in [5.41, 5.74) is 7.05. The van der Waals surface area contributed by atoms with Gasteiger partial charge in [0.05, 0.1) is 0 Å². The predicted octanol–water partition coefficient (Wildman–Crippen LogP) is 9.65. The monoisotopic (exact) mass is 464 g/mol. The Morgan fingerprint density at radius 3 is 1.09 bits per heavy atom. The van der Waals surface area contributed by atoms with Gasteiger partial charge in [-0.3, -0.25) is 0 Å². The van der Waals surface area contributed by atoms with Crippen molar-refractivity contribution in [3.05, 3.63) is 108 Å². The Labute approximate surface area is 210 Å². The minimum Gasteiger partial charge on any atom is -0.457 e. The quantitative estimate of drug-likeness (QED) is 0.219. The normalized spacial score (nSPS) is 10.7. The highest BCUT2D eigenvalue weighted by atomic mass is 16.5. The number of unbranched alkanes of at least 4 members (excludes halogenated alkanes) is 2. The Hall–Kier alpha value is -3.72. The number of hydrogen-bond acceptors (Lipinski definition) is 3. The maximum Gasteiger partial charge on any atom is 0.127 e. The molecule has 0 spiro atoms. The van der Waals surface area contributed by atoms with Gasteiger partial charge in [-0.2, -0.15) is 0 Å². The Morgan fingerprint density at radius 1 is 0.457 bits per heavy atom. The van der Waals surface area contributed by atoms with E-state index in [1.165, 1.54) is 36.8 Å². The van der Waals surface area contributed by atoms with E-state index >= 15 is 0 Å². The van der Waals surface area contributed by atoms with Crippen molar-refractivity contribution in [1.82, 2.24) is 0 Å². The highest BCUT2D eigenvalue weighted by Crippen LogP contribution is 2.27. The summed E-state index contributed by atoms with van der Waals surface area (Å²) >= 11 is 0. The van der Waals surface area contributed by atoms with Gasteiger partial charge in [0, 0.05) is 22.7 Å². The fourth-order valence-electron chi connectivity index (χ4n) is 3.95. The molecular formula is C32H36N2O. The van der Waals surface area contributed by atoms with Gasteiger partial charge in [0.25, 0.3) is 0 Å². The van der Waals surface area contributed by atoms with E-state index in [2.05, 4.69) is 73.0 Å². The van der Waals surface area contributed by atoms with Crippen molar-refractivity contribution < 1.29 is 4.74 Å². The van der Waals surface area contributed by atoms with E-state index in [-0.39, 0.29) is 0 Å². The van der Waals surface area contributed by atoms with E-state index in [0.29, 0.717) is 0 Å². The largest absolute Gasteiger partial charge is 0.457 e. The van der Waals surface area contributed by atoms with Crippen molar-refractivity contribution in [1.29, 1.82) is 0 Å². The zero-order chi connectivity index (χ0) is 24.3. The van der Waals surface area contributed by atoms with Gasteiger partial charge >= 0.3 is 0 Å². The van der Waals surface area contributed by atoms with Crippen LogP contribution in [0.15, 0.2) is 97.1 Å². The van der Waals surface area contributed by atoms with Gasteiger partial charge in [-0.25, -0.2) is 0 Å². The van der Waals surface area contributed by atoms with Crippen LogP contribution in [0.3, 0.4) is 0 Å². The standard InChI is InChI=1S/C32H36N2O/c1-3-5-7-25-9-13-27(14-10-25)33-29-17-21-31(22-18-29)35-32-23-19-30(20-24-32)34-28-15-11-26(12-16-28)8-6-4-2/h9-24,33-34H,3-8H2,1-2H3. The Balaban J connectivity index is 1.28. The number of hydrogen-bond donors (Lipinski definition) is 2. The molecule has 0 heterocycles. The van der Waals surface area contributed by atoms with Crippen molar-refractivity contribution in [3.63, 3.8) is 0 Å². The van der Waals surface area contributed by atoms with Gasteiger partial charge in [-0.05, 0) is 110 Å². The number of rotatable bonds is 12. The van der Waals surface area contributed by atoms with Gasteiger partial charge in [-0.15, -0.1) is 0 Å². The Kier molecular flexibility index (Phi) is 8.83. The summed E-state index contributed by atoms with van der Waals surface area (Å²) in [6.07, 6.45) is 7.21. The molecule has 180 valence electrons. The SMILES string of the molecule is CCCCc1ccc(Nc2ccc(Oc3ccc(Nc4ccc(CCCC)cc4)cc3)cc2)cc1. The molecule has 0 aromatic heterocycles. The minimum absolute atomic E-state index is 0.814. The molecule has 0 saturated carbocycles. The molecule has 4 aromatic rings. The van der Waals surface area contributed by atoms with Crippen LogP contribution in [-0.2, 0) is 12.8 Å². The van der Waals surface area contributed by atoms with Crippen molar-refractivity contribution in [2.24, 2.45) is 0 Å². The first-order valence-electron chi connectivity index (χ1n) is 12.8. The molecule has 4 aromatic carbocycles. The van der Waals surface area contributed by atoms with Crippen LogP contribution in [0, 0.1) is 0 Å². The lowest BCUT2D eigenvalue weighted by Crippen LogP contribution is -1.92. The van der Waals surface area contributed by atoms with Gasteiger partial charge in [0.1, 0.15) is 11.5 Å². The van der Waals surface area contributed by atoms with Crippen molar-refractivity contribution >= 4 is 22.7 Å². The number of anilines is 4. The second-order valence-corrected chi connectivity index (χ2v) is 9.00. The van der Waals surface area contributed by atoms with Crippen molar-refractivity contribution in [3.8, 4) is 11.5 Å². The molecule has 3 nitrogen and oxygen atoms in total. The summed E-state index contributed by atoms with van der Waals surface area (Å²) in [6, 6.07) is 33.5. The zero-order valence-corrected chi connectivity index (χ0v) is 20.9. The summed E-state index contributed by atoms with van der Waals surface area (Å²) in [4.78, 5) is 0. The highest BCUT2D eigenvalue weighted by molar-refractivity contribution is 5.62. The Morgan fingerprint density at radius 2 is 0.771 bits per heavy atom. The maximum absolute atomic E-state index is 6.04. The summed E-state index contributed by atoms with van der Waals surface area (Å²) in [5, 5.41) is 6.92. The molecule has 0 aliphatic heterocycles. The number of nitrogens with one attached hydrogen (secondary N) is 2. The first-order valence-corrected chi connectivity index (χ1v) is 12.8. The van der Waals surface area contributed by atoms with E-state index < -0.39 is 0 Å².